The summed E-state index contributed by atoms with van der Waals surface area (Å²) >= 11 is 2.86. The maximum atomic E-state index is 13.3. The van der Waals surface area contributed by atoms with Crippen molar-refractivity contribution in [2.24, 2.45) is 0 Å². The van der Waals surface area contributed by atoms with Crippen LogP contribution < -0.4 is 5.32 Å². The molecule has 0 spiro atoms. The molecular weight excluding hydrogens is 399 g/mol. The number of nitrogens with one attached hydrogen (secondary N) is 1. The van der Waals surface area contributed by atoms with Crippen molar-refractivity contribution in [3.05, 3.63) is 58.4 Å². The standard InChI is InChI=1S/C18H13FN6OS2/c19-11-5-7-12(8-6-11)25-15(13-2-1-9-27-13)20-14(24-25)16(26)21-18-23-22-17(28-18)10-3-4-10/h1-2,5-10H,3-4H2,(H,21,23,26). The van der Waals surface area contributed by atoms with Gasteiger partial charge in [-0.25, -0.2) is 14.1 Å². The quantitative estimate of drug-likeness (QED) is 0.533. The highest BCUT2D eigenvalue weighted by Crippen LogP contribution is 2.42. The Labute approximate surface area is 166 Å². The van der Waals surface area contributed by atoms with Crippen molar-refractivity contribution in [3.63, 3.8) is 0 Å². The van der Waals surface area contributed by atoms with E-state index in [2.05, 4.69) is 25.6 Å². The predicted molar refractivity (Wildman–Crippen MR) is 104 cm³/mol. The van der Waals surface area contributed by atoms with E-state index in [1.165, 1.54) is 39.5 Å². The van der Waals surface area contributed by atoms with Crippen LogP contribution in [0.15, 0.2) is 41.8 Å². The predicted octanol–water partition coefficient (Wildman–Crippen LogP) is 4.12. The lowest BCUT2D eigenvalue weighted by molar-refractivity contribution is 0.101. The average Bonchev–Trinajstić information content (AvgIpc) is 3.11. The molecule has 3 aromatic heterocycles. The van der Waals surface area contributed by atoms with E-state index in [4.69, 9.17) is 0 Å². The highest BCUT2D eigenvalue weighted by Gasteiger charge is 2.28. The molecule has 1 aliphatic rings. The third kappa shape index (κ3) is 3.32. The number of amides is 1. The van der Waals surface area contributed by atoms with Crippen LogP contribution in [0.2, 0.25) is 0 Å². The summed E-state index contributed by atoms with van der Waals surface area (Å²) in [6.07, 6.45) is 2.24. The van der Waals surface area contributed by atoms with Crippen LogP contribution in [-0.4, -0.2) is 30.9 Å². The third-order valence-corrected chi connectivity index (χ3v) is 6.08. The van der Waals surface area contributed by atoms with Crippen molar-refractivity contribution >= 4 is 33.7 Å². The minimum Gasteiger partial charge on any atom is -0.294 e. The Morgan fingerprint density at radius 3 is 2.71 bits per heavy atom. The van der Waals surface area contributed by atoms with Gasteiger partial charge in [0.1, 0.15) is 10.8 Å². The molecule has 1 N–H and O–H groups in total. The van der Waals surface area contributed by atoms with E-state index in [1.807, 2.05) is 17.5 Å². The molecule has 0 unspecified atom stereocenters. The van der Waals surface area contributed by atoms with Gasteiger partial charge < -0.3 is 0 Å². The number of aromatic nitrogens is 5. The summed E-state index contributed by atoms with van der Waals surface area (Å²) in [5.41, 5.74) is 0.614. The molecule has 5 rings (SSSR count). The van der Waals surface area contributed by atoms with E-state index in [9.17, 15) is 9.18 Å². The van der Waals surface area contributed by atoms with E-state index >= 15 is 0 Å². The van der Waals surface area contributed by atoms with Crippen LogP contribution in [0.3, 0.4) is 0 Å². The second-order valence-electron chi connectivity index (χ2n) is 6.30. The number of halogens is 1. The molecular formula is C18H13FN6OS2. The summed E-state index contributed by atoms with van der Waals surface area (Å²) in [7, 11) is 0. The van der Waals surface area contributed by atoms with E-state index in [0.29, 0.717) is 22.6 Å². The first-order valence-electron chi connectivity index (χ1n) is 8.59. The number of carbonyl (C=O) groups is 1. The van der Waals surface area contributed by atoms with Crippen LogP contribution in [0.5, 0.6) is 0 Å². The molecule has 0 atom stereocenters. The maximum absolute atomic E-state index is 13.3. The second-order valence-corrected chi connectivity index (χ2v) is 8.26. The molecule has 140 valence electrons. The minimum atomic E-state index is -0.461. The smallest absolute Gasteiger partial charge is 0.294 e. The van der Waals surface area contributed by atoms with Gasteiger partial charge in [-0.1, -0.05) is 17.4 Å². The van der Waals surface area contributed by atoms with Crippen LogP contribution in [0.25, 0.3) is 16.4 Å². The van der Waals surface area contributed by atoms with E-state index < -0.39 is 5.91 Å². The molecule has 7 nitrogen and oxygen atoms in total. The Balaban J connectivity index is 1.47. The first kappa shape index (κ1) is 17.1. The SMILES string of the molecule is O=C(Nc1nnc(C2CC2)s1)c1nc(-c2cccs2)n(-c2ccc(F)cc2)n1. The molecule has 1 saturated carbocycles. The fraction of sp³-hybridized carbons (Fsp3) is 0.167. The number of anilines is 1. The Morgan fingerprint density at radius 1 is 1.18 bits per heavy atom. The summed E-state index contributed by atoms with van der Waals surface area (Å²) in [5, 5.41) is 18.5. The fourth-order valence-electron chi connectivity index (χ4n) is 2.67. The molecule has 0 radical (unpaired) electrons. The Bertz CT molecular complexity index is 1130. The van der Waals surface area contributed by atoms with E-state index in [0.717, 1.165) is 22.7 Å². The lowest BCUT2D eigenvalue weighted by Crippen LogP contribution is -2.14. The van der Waals surface area contributed by atoms with Crippen molar-refractivity contribution in [1.29, 1.82) is 0 Å². The summed E-state index contributed by atoms with van der Waals surface area (Å²) in [4.78, 5) is 17.9. The Kier molecular flexibility index (Phi) is 4.21. The molecule has 1 aromatic carbocycles. The van der Waals surface area contributed by atoms with E-state index in [1.54, 1.807) is 12.1 Å². The van der Waals surface area contributed by atoms with Crippen LogP contribution in [0, 0.1) is 5.82 Å². The van der Waals surface area contributed by atoms with Gasteiger partial charge in [0, 0.05) is 5.92 Å². The summed E-state index contributed by atoms with van der Waals surface area (Å²) < 4.78 is 14.8. The number of hydrogen-bond acceptors (Lipinski definition) is 7. The molecule has 1 amide bonds. The van der Waals surface area contributed by atoms with Gasteiger partial charge in [-0.3, -0.25) is 10.1 Å². The highest BCUT2D eigenvalue weighted by atomic mass is 32.1. The Hall–Kier alpha value is -2.98. The van der Waals surface area contributed by atoms with Crippen LogP contribution in [0.4, 0.5) is 9.52 Å². The lowest BCUT2D eigenvalue weighted by Gasteiger charge is -2.03. The van der Waals surface area contributed by atoms with Crippen molar-refractivity contribution in [3.8, 4) is 16.4 Å². The fourth-order valence-corrected chi connectivity index (χ4v) is 4.28. The van der Waals surface area contributed by atoms with Crippen LogP contribution in [-0.2, 0) is 0 Å². The number of benzene rings is 1. The monoisotopic (exact) mass is 412 g/mol. The number of thiophene rings is 1. The van der Waals surface area contributed by atoms with Gasteiger partial charge in [0.15, 0.2) is 5.82 Å². The summed E-state index contributed by atoms with van der Waals surface area (Å²) in [6, 6.07) is 9.66. The molecule has 10 heteroatoms. The number of hydrogen-bond donors (Lipinski definition) is 1. The molecule has 4 aromatic rings. The average molecular weight is 412 g/mol. The molecule has 0 bridgehead atoms. The van der Waals surface area contributed by atoms with Gasteiger partial charge in [-0.05, 0) is 48.6 Å². The molecule has 1 aliphatic carbocycles. The number of carbonyl (C=O) groups excluding carboxylic acids is 1. The first-order chi connectivity index (χ1) is 13.7. The van der Waals surface area contributed by atoms with Crippen molar-refractivity contribution in [2.75, 3.05) is 5.32 Å². The van der Waals surface area contributed by atoms with Crippen molar-refractivity contribution < 1.29 is 9.18 Å². The van der Waals surface area contributed by atoms with Gasteiger partial charge in [-0.15, -0.1) is 26.6 Å². The van der Waals surface area contributed by atoms with Gasteiger partial charge in [0.25, 0.3) is 5.91 Å². The zero-order chi connectivity index (χ0) is 19.1. The molecule has 1 fully saturated rings. The zero-order valence-corrected chi connectivity index (χ0v) is 16.0. The molecule has 0 saturated heterocycles. The number of nitrogens with zero attached hydrogens (tertiary/aromatic N) is 5. The maximum Gasteiger partial charge on any atom is 0.297 e. The van der Waals surface area contributed by atoms with Gasteiger partial charge in [0.05, 0.1) is 10.6 Å². The topological polar surface area (TPSA) is 85.6 Å². The molecule has 0 aliphatic heterocycles. The lowest BCUT2D eigenvalue weighted by atomic mass is 10.3. The van der Waals surface area contributed by atoms with Crippen molar-refractivity contribution in [1.82, 2.24) is 25.0 Å². The molecule has 3 heterocycles. The van der Waals surface area contributed by atoms with Gasteiger partial charge in [-0.2, -0.15) is 0 Å². The summed E-state index contributed by atoms with van der Waals surface area (Å²) in [5.74, 6) is 0.197. The van der Waals surface area contributed by atoms with Crippen LogP contribution in [0.1, 0.15) is 34.4 Å². The second kappa shape index (κ2) is 6.88. The highest BCUT2D eigenvalue weighted by molar-refractivity contribution is 7.15. The Morgan fingerprint density at radius 2 is 2.00 bits per heavy atom. The summed E-state index contributed by atoms with van der Waals surface area (Å²) in [6.45, 7) is 0. The number of rotatable bonds is 5. The van der Waals surface area contributed by atoms with Gasteiger partial charge >= 0.3 is 0 Å². The van der Waals surface area contributed by atoms with E-state index in [-0.39, 0.29) is 11.6 Å². The van der Waals surface area contributed by atoms with Gasteiger partial charge in [0.2, 0.25) is 11.0 Å². The minimum absolute atomic E-state index is 0.0101. The normalized spacial score (nSPS) is 13.6. The van der Waals surface area contributed by atoms with Crippen LogP contribution >= 0.6 is 22.7 Å². The van der Waals surface area contributed by atoms with Crippen molar-refractivity contribution in [2.45, 2.75) is 18.8 Å². The first-order valence-corrected chi connectivity index (χ1v) is 10.3. The molecule has 28 heavy (non-hydrogen) atoms. The zero-order valence-electron chi connectivity index (χ0n) is 14.4. The third-order valence-electron chi connectivity index (χ3n) is 4.21. The largest absolute Gasteiger partial charge is 0.297 e.